The zero-order valence-corrected chi connectivity index (χ0v) is 19.1. The number of hydrogen-bond acceptors (Lipinski definition) is 3. The van der Waals surface area contributed by atoms with E-state index in [1.54, 1.807) is 6.07 Å². The number of phenols is 1. The molecule has 3 unspecified atom stereocenters. The summed E-state index contributed by atoms with van der Waals surface area (Å²) in [7, 11) is 0. The molecule has 1 aliphatic carbocycles. The highest BCUT2D eigenvalue weighted by Crippen LogP contribution is 2.54. The van der Waals surface area contributed by atoms with E-state index < -0.39 is 0 Å². The van der Waals surface area contributed by atoms with Crippen LogP contribution in [0.25, 0.3) is 0 Å². The van der Waals surface area contributed by atoms with Gasteiger partial charge in [0.1, 0.15) is 11.5 Å². The molecule has 0 saturated carbocycles. The molecule has 3 aromatic carbocycles. The SMILES string of the molecule is Oc1c(Cl)cc(Cl)cc1C1Nc2c(OCCCc3ccccc3)cccc2C2C=CCC21. The van der Waals surface area contributed by atoms with Gasteiger partial charge in [-0.3, -0.25) is 0 Å². The molecule has 2 N–H and O–H groups in total. The molecule has 164 valence electrons. The molecule has 0 spiro atoms. The summed E-state index contributed by atoms with van der Waals surface area (Å²) in [6.45, 7) is 0.635. The standard InChI is InChI=1S/C27H25Cl2NO2/c28-18-15-22(27(31)23(29)16-18)25-20-11-4-10-19(20)21-12-5-13-24(26(21)30-25)32-14-6-9-17-7-2-1-3-8-17/h1-5,7-8,10,12-13,15-16,19-20,25,30-31H,6,9,11,14H2. The first kappa shape index (κ1) is 21.2. The molecule has 5 rings (SSSR count). The van der Waals surface area contributed by atoms with Gasteiger partial charge in [0, 0.05) is 16.5 Å². The molecular weight excluding hydrogens is 441 g/mol. The van der Waals surface area contributed by atoms with E-state index in [0.717, 1.165) is 36.3 Å². The number of halogens is 2. The fourth-order valence-corrected chi connectivity index (χ4v) is 5.46. The van der Waals surface area contributed by atoms with E-state index in [0.29, 0.717) is 11.6 Å². The van der Waals surface area contributed by atoms with Crippen molar-refractivity contribution in [2.45, 2.75) is 31.2 Å². The number of hydrogen-bond donors (Lipinski definition) is 2. The Bertz CT molecular complexity index is 1150. The lowest BCUT2D eigenvalue weighted by Gasteiger charge is -2.38. The zero-order chi connectivity index (χ0) is 22.1. The average Bonchev–Trinajstić information content (AvgIpc) is 3.30. The smallest absolute Gasteiger partial charge is 0.142 e. The van der Waals surface area contributed by atoms with Crippen LogP contribution in [0.3, 0.4) is 0 Å². The molecule has 0 fully saturated rings. The predicted molar refractivity (Wildman–Crippen MR) is 131 cm³/mol. The second kappa shape index (κ2) is 9.09. The van der Waals surface area contributed by atoms with Crippen LogP contribution in [0.1, 0.15) is 41.5 Å². The first-order valence-electron chi connectivity index (χ1n) is 11.0. The number of para-hydroxylation sites is 1. The molecule has 0 aromatic heterocycles. The van der Waals surface area contributed by atoms with Crippen molar-refractivity contribution in [3.8, 4) is 11.5 Å². The number of phenolic OH excluding ortho intramolecular Hbond substituents is 1. The Balaban J connectivity index is 1.40. The Hall–Kier alpha value is -2.62. The van der Waals surface area contributed by atoms with E-state index in [9.17, 15) is 5.11 Å². The number of ether oxygens (including phenoxy) is 1. The van der Waals surface area contributed by atoms with E-state index in [1.165, 1.54) is 11.1 Å². The molecule has 3 aromatic rings. The number of benzene rings is 3. The monoisotopic (exact) mass is 465 g/mol. The molecule has 3 atom stereocenters. The van der Waals surface area contributed by atoms with Crippen molar-refractivity contribution in [3.05, 3.63) is 99.6 Å². The summed E-state index contributed by atoms with van der Waals surface area (Å²) in [5.74, 6) is 1.45. The van der Waals surface area contributed by atoms with Crippen LogP contribution in [0.2, 0.25) is 10.0 Å². The first-order valence-corrected chi connectivity index (χ1v) is 11.8. The highest BCUT2D eigenvalue weighted by Gasteiger charge is 2.40. The van der Waals surface area contributed by atoms with Gasteiger partial charge < -0.3 is 15.2 Å². The molecule has 3 nitrogen and oxygen atoms in total. The van der Waals surface area contributed by atoms with E-state index in [2.05, 4.69) is 53.9 Å². The molecule has 0 bridgehead atoms. The number of aryl methyl sites for hydroxylation is 1. The fourth-order valence-electron chi connectivity index (χ4n) is 4.95. The van der Waals surface area contributed by atoms with E-state index in [4.69, 9.17) is 27.9 Å². The fraction of sp³-hybridized carbons (Fsp3) is 0.259. The lowest BCUT2D eigenvalue weighted by Crippen LogP contribution is -2.29. The maximum Gasteiger partial charge on any atom is 0.142 e. The van der Waals surface area contributed by atoms with Gasteiger partial charge >= 0.3 is 0 Å². The van der Waals surface area contributed by atoms with Crippen molar-refractivity contribution < 1.29 is 9.84 Å². The topological polar surface area (TPSA) is 41.5 Å². The summed E-state index contributed by atoms with van der Waals surface area (Å²) in [4.78, 5) is 0. The summed E-state index contributed by atoms with van der Waals surface area (Å²) in [6, 6.07) is 20.0. The van der Waals surface area contributed by atoms with Crippen molar-refractivity contribution >= 4 is 28.9 Å². The summed E-state index contributed by atoms with van der Waals surface area (Å²) in [5.41, 5.74) is 4.26. The molecule has 0 radical (unpaired) electrons. The molecule has 0 saturated heterocycles. The molecule has 2 aliphatic rings. The third-order valence-electron chi connectivity index (χ3n) is 6.46. The minimum atomic E-state index is -0.118. The second-order valence-electron chi connectivity index (χ2n) is 8.46. The molecule has 5 heteroatoms. The van der Waals surface area contributed by atoms with Crippen LogP contribution >= 0.6 is 23.2 Å². The number of rotatable bonds is 6. The van der Waals surface area contributed by atoms with Crippen molar-refractivity contribution in [2.24, 2.45) is 5.92 Å². The number of allylic oxidation sites excluding steroid dienone is 2. The minimum absolute atomic E-state index is 0.0870. The van der Waals surface area contributed by atoms with E-state index >= 15 is 0 Å². The number of nitrogens with one attached hydrogen (secondary N) is 1. The first-order chi connectivity index (χ1) is 15.6. The maximum absolute atomic E-state index is 10.7. The Kier molecular flexibility index (Phi) is 6.03. The summed E-state index contributed by atoms with van der Waals surface area (Å²) >= 11 is 12.5. The van der Waals surface area contributed by atoms with Crippen LogP contribution < -0.4 is 10.1 Å². The molecule has 1 aliphatic heterocycles. The third-order valence-corrected chi connectivity index (χ3v) is 6.97. The van der Waals surface area contributed by atoms with E-state index in [1.807, 2.05) is 18.2 Å². The van der Waals surface area contributed by atoms with Crippen molar-refractivity contribution in [1.29, 1.82) is 0 Å². The number of fused-ring (bicyclic) bond motifs is 3. The van der Waals surface area contributed by atoms with Crippen molar-refractivity contribution in [2.75, 3.05) is 11.9 Å². The van der Waals surface area contributed by atoms with Gasteiger partial charge in [-0.2, -0.15) is 0 Å². The highest BCUT2D eigenvalue weighted by atomic mass is 35.5. The summed E-state index contributed by atoms with van der Waals surface area (Å²) in [6.07, 6.45) is 7.32. The zero-order valence-electron chi connectivity index (χ0n) is 17.6. The van der Waals surface area contributed by atoms with Gasteiger partial charge in [0.2, 0.25) is 0 Å². The molecule has 32 heavy (non-hydrogen) atoms. The minimum Gasteiger partial charge on any atom is -0.506 e. The average molecular weight is 466 g/mol. The largest absolute Gasteiger partial charge is 0.506 e. The summed E-state index contributed by atoms with van der Waals surface area (Å²) in [5, 5.41) is 15.2. The highest BCUT2D eigenvalue weighted by molar-refractivity contribution is 6.35. The van der Waals surface area contributed by atoms with Crippen molar-refractivity contribution in [1.82, 2.24) is 0 Å². The van der Waals surface area contributed by atoms with Gasteiger partial charge in [-0.05, 0) is 54.5 Å². The van der Waals surface area contributed by atoms with Crippen LogP contribution in [0.15, 0.2) is 72.8 Å². The quantitative estimate of drug-likeness (QED) is 0.291. The van der Waals surface area contributed by atoms with Crippen LogP contribution in [0.5, 0.6) is 11.5 Å². The molecule has 0 amide bonds. The van der Waals surface area contributed by atoms with Crippen molar-refractivity contribution in [3.63, 3.8) is 0 Å². The number of anilines is 1. The normalized spacial score (nSPS) is 21.0. The Labute approximate surface area is 198 Å². The Morgan fingerprint density at radius 2 is 1.84 bits per heavy atom. The van der Waals surface area contributed by atoms with Crippen LogP contribution in [-0.4, -0.2) is 11.7 Å². The Morgan fingerprint density at radius 1 is 1.00 bits per heavy atom. The van der Waals surface area contributed by atoms with Gasteiger partial charge in [-0.1, -0.05) is 77.8 Å². The summed E-state index contributed by atoms with van der Waals surface area (Å²) < 4.78 is 6.24. The van der Waals surface area contributed by atoms with Gasteiger partial charge in [-0.15, -0.1) is 0 Å². The van der Waals surface area contributed by atoms with E-state index in [-0.39, 0.29) is 28.6 Å². The van der Waals surface area contributed by atoms with Gasteiger partial charge in [0.05, 0.1) is 23.4 Å². The lowest BCUT2D eigenvalue weighted by molar-refractivity contribution is 0.309. The van der Waals surface area contributed by atoms with Gasteiger partial charge in [0.15, 0.2) is 0 Å². The van der Waals surface area contributed by atoms with Crippen LogP contribution in [0.4, 0.5) is 5.69 Å². The molecule has 1 heterocycles. The lowest BCUT2D eigenvalue weighted by atomic mass is 9.76. The Morgan fingerprint density at radius 3 is 2.69 bits per heavy atom. The number of aromatic hydroxyl groups is 1. The second-order valence-corrected chi connectivity index (χ2v) is 9.30. The van der Waals surface area contributed by atoms with Gasteiger partial charge in [0.25, 0.3) is 0 Å². The predicted octanol–water partition coefficient (Wildman–Crippen LogP) is 7.54. The van der Waals surface area contributed by atoms with Gasteiger partial charge in [-0.25, -0.2) is 0 Å². The third kappa shape index (κ3) is 4.07. The molecular formula is C27H25Cl2NO2. The maximum atomic E-state index is 10.7. The van der Waals surface area contributed by atoms with Crippen LogP contribution in [0, 0.1) is 5.92 Å². The van der Waals surface area contributed by atoms with Crippen LogP contribution in [-0.2, 0) is 6.42 Å².